The largest absolute Gasteiger partial charge is 0.379 e. The number of hydrogen-bond acceptors (Lipinski definition) is 4. The first-order chi connectivity index (χ1) is 12.7. The second-order valence-corrected chi connectivity index (χ2v) is 6.39. The minimum absolute atomic E-state index is 0.302. The van der Waals surface area contributed by atoms with E-state index in [1.54, 1.807) is 12.3 Å². The number of rotatable bonds is 7. The Balaban J connectivity index is 1.61. The molecule has 3 rings (SSSR count). The van der Waals surface area contributed by atoms with E-state index >= 15 is 0 Å². The highest BCUT2D eigenvalue weighted by Gasteiger charge is 2.11. The quantitative estimate of drug-likeness (QED) is 0.568. The summed E-state index contributed by atoms with van der Waals surface area (Å²) in [5.41, 5.74) is 5.56. The molecule has 0 saturated carbocycles. The van der Waals surface area contributed by atoms with E-state index in [1.165, 1.54) is 0 Å². The van der Waals surface area contributed by atoms with Crippen LogP contribution in [-0.2, 0) is 18.0 Å². The normalized spacial score (nSPS) is 10.3. The van der Waals surface area contributed by atoms with Gasteiger partial charge in [0.25, 0.3) is 5.91 Å². The summed E-state index contributed by atoms with van der Waals surface area (Å²) in [7, 11) is 0. The van der Waals surface area contributed by atoms with E-state index in [2.05, 4.69) is 31.7 Å². The number of halogens is 1. The molecule has 2 aromatic carbocycles. The van der Waals surface area contributed by atoms with Crippen molar-refractivity contribution in [2.24, 2.45) is 0 Å². The van der Waals surface area contributed by atoms with Crippen molar-refractivity contribution in [1.29, 1.82) is 0 Å². The minimum Gasteiger partial charge on any atom is -0.379 e. The fraction of sp³-hybridized carbons (Fsp3) is 0.100. The zero-order valence-corrected chi connectivity index (χ0v) is 15.6. The Bertz CT molecular complexity index is 872. The van der Waals surface area contributed by atoms with Crippen LogP contribution >= 0.6 is 15.9 Å². The van der Waals surface area contributed by atoms with Gasteiger partial charge in [-0.1, -0.05) is 42.5 Å². The lowest BCUT2D eigenvalue weighted by atomic mass is 10.1. The van der Waals surface area contributed by atoms with Crippen molar-refractivity contribution < 1.29 is 9.63 Å². The van der Waals surface area contributed by atoms with Crippen molar-refractivity contribution >= 4 is 27.5 Å². The standard InChI is InChI=1S/C20H18BrN3O2/c21-17-10-6-12-22-19(17)13-23-18-11-5-4-9-16(18)20(25)24-26-14-15-7-2-1-3-8-15/h1-12,23H,13-14H2,(H,24,25). The van der Waals surface area contributed by atoms with Crippen LogP contribution in [0.5, 0.6) is 0 Å². The molecule has 0 bridgehead atoms. The number of amides is 1. The van der Waals surface area contributed by atoms with Crippen molar-refractivity contribution in [3.8, 4) is 0 Å². The van der Waals surface area contributed by atoms with Crippen LogP contribution in [0.3, 0.4) is 0 Å². The summed E-state index contributed by atoms with van der Waals surface area (Å²) >= 11 is 3.47. The third-order valence-electron chi connectivity index (χ3n) is 3.70. The molecule has 0 aliphatic rings. The number of benzene rings is 2. The molecule has 5 nitrogen and oxygen atoms in total. The van der Waals surface area contributed by atoms with Crippen LogP contribution in [0.4, 0.5) is 5.69 Å². The molecule has 1 aromatic heterocycles. The number of pyridine rings is 1. The van der Waals surface area contributed by atoms with Gasteiger partial charge in [0.2, 0.25) is 0 Å². The van der Waals surface area contributed by atoms with Crippen LogP contribution in [0.15, 0.2) is 77.4 Å². The first kappa shape index (κ1) is 18.1. The van der Waals surface area contributed by atoms with E-state index in [0.717, 1.165) is 15.7 Å². The maximum atomic E-state index is 12.4. The van der Waals surface area contributed by atoms with Crippen molar-refractivity contribution in [2.45, 2.75) is 13.2 Å². The number of anilines is 1. The topological polar surface area (TPSA) is 63.2 Å². The number of carbonyl (C=O) groups is 1. The van der Waals surface area contributed by atoms with E-state index in [-0.39, 0.29) is 5.91 Å². The first-order valence-electron chi connectivity index (χ1n) is 8.12. The monoisotopic (exact) mass is 411 g/mol. The lowest BCUT2D eigenvalue weighted by Gasteiger charge is -2.12. The molecule has 0 aliphatic carbocycles. The van der Waals surface area contributed by atoms with Gasteiger partial charge in [0, 0.05) is 16.4 Å². The fourth-order valence-electron chi connectivity index (χ4n) is 2.38. The molecule has 2 N–H and O–H groups in total. The van der Waals surface area contributed by atoms with Gasteiger partial charge in [0.05, 0.1) is 24.4 Å². The van der Waals surface area contributed by atoms with Gasteiger partial charge in [-0.3, -0.25) is 14.6 Å². The van der Waals surface area contributed by atoms with Crippen molar-refractivity contribution in [2.75, 3.05) is 5.32 Å². The summed E-state index contributed by atoms with van der Waals surface area (Å²) in [6, 6.07) is 20.7. The Morgan fingerprint density at radius 3 is 2.58 bits per heavy atom. The Labute approximate surface area is 160 Å². The third kappa shape index (κ3) is 4.91. The molecule has 3 aromatic rings. The predicted molar refractivity (Wildman–Crippen MR) is 104 cm³/mol. The molecule has 0 aliphatic heterocycles. The second kappa shape index (κ2) is 9.12. The first-order valence-corrected chi connectivity index (χ1v) is 8.91. The highest BCUT2D eigenvalue weighted by molar-refractivity contribution is 9.10. The summed E-state index contributed by atoms with van der Waals surface area (Å²) < 4.78 is 0.917. The molecule has 26 heavy (non-hydrogen) atoms. The Kier molecular flexibility index (Phi) is 6.35. The van der Waals surface area contributed by atoms with Gasteiger partial charge in [-0.25, -0.2) is 5.48 Å². The molecule has 0 radical (unpaired) electrons. The van der Waals surface area contributed by atoms with Crippen LogP contribution in [0.1, 0.15) is 21.6 Å². The van der Waals surface area contributed by atoms with Crippen molar-refractivity contribution in [3.63, 3.8) is 0 Å². The smallest absolute Gasteiger partial charge is 0.276 e. The Hall–Kier alpha value is -2.70. The van der Waals surface area contributed by atoms with Crippen LogP contribution < -0.4 is 10.8 Å². The zero-order valence-electron chi connectivity index (χ0n) is 14.0. The lowest BCUT2D eigenvalue weighted by Crippen LogP contribution is -2.24. The van der Waals surface area contributed by atoms with Gasteiger partial charge < -0.3 is 5.32 Å². The average Bonchev–Trinajstić information content (AvgIpc) is 2.68. The maximum Gasteiger partial charge on any atom is 0.276 e. The molecule has 0 spiro atoms. The van der Waals surface area contributed by atoms with Crippen LogP contribution in [0.25, 0.3) is 0 Å². The zero-order chi connectivity index (χ0) is 18.2. The van der Waals surface area contributed by atoms with Crippen molar-refractivity contribution in [1.82, 2.24) is 10.5 Å². The lowest BCUT2D eigenvalue weighted by molar-refractivity contribution is 0.0234. The summed E-state index contributed by atoms with van der Waals surface area (Å²) in [4.78, 5) is 22.1. The molecule has 132 valence electrons. The molecule has 0 fully saturated rings. The molecule has 1 heterocycles. The van der Waals surface area contributed by atoms with E-state index < -0.39 is 0 Å². The second-order valence-electron chi connectivity index (χ2n) is 5.54. The number of nitrogens with zero attached hydrogens (tertiary/aromatic N) is 1. The SMILES string of the molecule is O=C(NOCc1ccccc1)c1ccccc1NCc1ncccc1Br. The summed E-state index contributed by atoms with van der Waals surface area (Å²) in [5.74, 6) is -0.302. The van der Waals surface area contributed by atoms with Gasteiger partial charge in [-0.2, -0.15) is 0 Å². The van der Waals surface area contributed by atoms with Crippen LogP contribution in [0, 0.1) is 0 Å². The fourth-order valence-corrected chi connectivity index (χ4v) is 2.77. The summed E-state index contributed by atoms with van der Waals surface area (Å²) in [6.07, 6.45) is 1.73. The van der Waals surface area contributed by atoms with Crippen molar-refractivity contribution in [3.05, 3.63) is 94.2 Å². The van der Waals surface area contributed by atoms with E-state index in [4.69, 9.17) is 4.84 Å². The number of para-hydroxylation sites is 1. The molecule has 0 saturated heterocycles. The predicted octanol–water partition coefficient (Wildman–Crippen LogP) is 4.32. The van der Waals surface area contributed by atoms with Gasteiger partial charge in [0.15, 0.2) is 0 Å². The van der Waals surface area contributed by atoms with Gasteiger partial charge in [-0.05, 0) is 45.8 Å². The Morgan fingerprint density at radius 1 is 1.00 bits per heavy atom. The third-order valence-corrected chi connectivity index (χ3v) is 4.42. The van der Waals surface area contributed by atoms with Gasteiger partial charge in [-0.15, -0.1) is 0 Å². The molecule has 1 amide bonds. The summed E-state index contributed by atoms with van der Waals surface area (Å²) in [6.45, 7) is 0.805. The number of aromatic nitrogens is 1. The van der Waals surface area contributed by atoms with Gasteiger partial charge >= 0.3 is 0 Å². The van der Waals surface area contributed by atoms with E-state index in [0.29, 0.717) is 24.4 Å². The number of hydroxylamine groups is 1. The number of nitrogens with one attached hydrogen (secondary N) is 2. The minimum atomic E-state index is -0.302. The van der Waals surface area contributed by atoms with E-state index in [9.17, 15) is 4.79 Å². The van der Waals surface area contributed by atoms with Crippen LogP contribution in [-0.4, -0.2) is 10.9 Å². The Morgan fingerprint density at radius 2 is 1.77 bits per heavy atom. The highest BCUT2D eigenvalue weighted by Crippen LogP contribution is 2.18. The average molecular weight is 412 g/mol. The number of hydrogen-bond donors (Lipinski definition) is 2. The van der Waals surface area contributed by atoms with E-state index in [1.807, 2.05) is 60.7 Å². The summed E-state index contributed by atoms with van der Waals surface area (Å²) in [5, 5.41) is 3.25. The molecule has 0 unspecified atom stereocenters. The molecule has 0 atom stereocenters. The van der Waals surface area contributed by atoms with Crippen LogP contribution in [0.2, 0.25) is 0 Å². The molecule has 6 heteroatoms. The molecular formula is C20H18BrN3O2. The number of carbonyl (C=O) groups excluding carboxylic acids is 1. The van der Waals surface area contributed by atoms with Gasteiger partial charge in [0.1, 0.15) is 0 Å². The highest BCUT2D eigenvalue weighted by atomic mass is 79.9. The maximum absolute atomic E-state index is 12.4. The molecular weight excluding hydrogens is 394 g/mol.